The van der Waals surface area contributed by atoms with Crippen molar-refractivity contribution < 1.29 is 9.59 Å². The van der Waals surface area contributed by atoms with Crippen molar-refractivity contribution in [1.29, 1.82) is 0 Å². The summed E-state index contributed by atoms with van der Waals surface area (Å²) < 4.78 is 0. The molecule has 6 nitrogen and oxygen atoms in total. The number of carbonyl (C=O) groups is 2. The molecule has 1 saturated carbocycles. The van der Waals surface area contributed by atoms with Gasteiger partial charge < -0.3 is 20.9 Å². The van der Waals surface area contributed by atoms with Crippen LogP contribution in [0.15, 0.2) is 0 Å². The number of hydrogen-bond donors (Lipinski definition) is 2. The van der Waals surface area contributed by atoms with Crippen LogP contribution in [0.25, 0.3) is 0 Å². The Morgan fingerprint density at radius 2 is 1.85 bits per heavy atom. The van der Waals surface area contributed by atoms with Gasteiger partial charge in [-0.15, -0.1) is 0 Å². The number of rotatable bonds is 2. The monoisotopic (exact) mass is 282 g/mol. The third kappa shape index (κ3) is 2.75. The first kappa shape index (κ1) is 15.1. The highest BCUT2D eigenvalue weighted by Gasteiger charge is 2.45. The van der Waals surface area contributed by atoms with Gasteiger partial charge in [0.2, 0.25) is 5.91 Å². The van der Waals surface area contributed by atoms with E-state index in [0.29, 0.717) is 32.7 Å². The summed E-state index contributed by atoms with van der Waals surface area (Å²) in [7, 11) is 0. The molecule has 0 aromatic rings. The average molecular weight is 282 g/mol. The summed E-state index contributed by atoms with van der Waals surface area (Å²) in [5, 5.41) is 2.79. The molecular weight excluding hydrogens is 256 g/mol. The Kier molecular flexibility index (Phi) is 4.52. The van der Waals surface area contributed by atoms with Crippen molar-refractivity contribution in [1.82, 2.24) is 15.1 Å². The van der Waals surface area contributed by atoms with Crippen molar-refractivity contribution in [3.05, 3.63) is 0 Å². The van der Waals surface area contributed by atoms with Crippen LogP contribution in [-0.4, -0.2) is 60.5 Å². The van der Waals surface area contributed by atoms with Gasteiger partial charge in [-0.3, -0.25) is 4.79 Å². The minimum Gasteiger partial charge on any atom is -0.339 e. The molecular formula is C14H26N4O2. The van der Waals surface area contributed by atoms with Gasteiger partial charge in [-0.1, -0.05) is 6.42 Å². The molecule has 114 valence electrons. The van der Waals surface area contributed by atoms with Gasteiger partial charge in [-0.2, -0.15) is 0 Å². The smallest absolute Gasteiger partial charge is 0.317 e. The molecule has 2 rings (SSSR count). The van der Waals surface area contributed by atoms with E-state index in [4.69, 9.17) is 5.73 Å². The second kappa shape index (κ2) is 5.99. The van der Waals surface area contributed by atoms with E-state index in [1.807, 2.05) is 18.7 Å². The summed E-state index contributed by atoms with van der Waals surface area (Å²) in [5.74, 6) is 0.165. The van der Waals surface area contributed by atoms with Crippen molar-refractivity contribution in [2.24, 2.45) is 11.1 Å². The van der Waals surface area contributed by atoms with Gasteiger partial charge in [0.1, 0.15) is 0 Å². The van der Waals surface area contributed by atoms with E-state index >= 15 is 0 Å². The van der Waals surface area contributed by atoms with Crippen LogP contribution in [0.1, 0.15) is 33.1 Å². The predicted molar refractivity (Wildman–Crippen MR) is 77.2 cm³/mol. The van der Waals surface area contributed by atoms with Crippen LogP contribution in [0, 0.1) is 5.41 Å². The molecule has 1 aliphatic heterocycles. The van der Waals surface area contributed by atoms with Crippen LogP contribution in [-0.2, 0) is 4.79 Å². The number of nitrogens with one attached hydrogen (secondary N) is 1. The number of nitrogens with zero attached hydrogens (tertiary/aromatic N) is 2. The average Bonchev–Trinajstić information content (AvgIpc) is 2.79. The minimum atomic E-state index is -0.409. The second-order valence-corrected chi connectivity index (χ2v) is 6.03. The molecule has 2 aliphatic rings. The van der Waals surface area contributed by atoms with Crippen molar-refractivity contribution in [3.63, 3.8) is 0 Å². The van der Waals surface area contributed by atoms with E-state index in [2.05, 4.69) is 5.32 Å². The Labute approximate surface area is 120 Å². The molecule has 0 bridgehead atoms. The molecule has 1 aliphatic carbocycles. The molecule has 3 N–H and O–H groups in total. The van der Waals surface area contributed by atoms with Crippen molar-refractivity contribution in [2.45, 2.75) is 39.2 Å². The summed E-state index contributed by atoms with van der Waals surface area (Å²) in [4.78, 5) is 28.0. The molecule has 20 heavy (non-hydrogen) atoms. The lowest BCUT2D eigenvalue weighted by atomic mass is 9.83. The molecule has 2 unspecified atom stereocenters. The first-order valence-electron chi connectivity index (χ1n) is 7.56. The van der Waals surface area contributed by atoms with Crippen LogP contribution in [0.2, 0.25) is 0 Å². The first-order chi connectivity index (χ1) is 9.49. The normalized spacial score (nSPS) is 30.4. The maximum atomic E-state index is 12.7. The Bertz CT molecular complexity index is 379. The van der Waals surface area contributed by atoms with Gasteiger partial charge in [0.25, 0.3) is 0 Å². The van der Waals surface area contributed by atoms with Crippen molar-refractivity contribution in [3.8, 4) is 0 Å². The minimum absolute atomic E-state index is 0.0311. The molecule has 0 aromatic heterocycles. The molecule has 6 heteroatoms. The summed E-state index contributed by atoms with van der Waals surface area (Å²) in [6.45, 7) is 6.94. The zero-order valence-corrected chi connectivity index (χ0v) is 12.5. The first-order valence-corrected chi connectivity index (χ1v) is 7.56. The van der Waals surface area contributed by atoms with Crippen LogP contribution >= 0.6 is 0 Å². The third-order valence-corrected chi connectivity index (χ3v) is 4.70. The predicted octanol–water partition coefficient (Wildman–Crippen LogP) is 0.378. The zero-order chi connectivity index (χ0) is 14.8. The summed E-state index contributed by atoms with van der Waals surface area (Å²) in [5.41, 5.74) is 5.70. The molecule has 1 saturated heterocycles. The fourth-order valence-corrected chi connectivity index (χ4v) is 3.20. The molecule has 3 amide bonds. The highest BCUT2D eigenvalue weighted by molar-refractivity contribution is 5.84. The largest absolute Gasteiger partial charge is 0.339 e. The molecule has 2 fully saturated rings. The van der Waals surface area contributed by atoms with Crippen LogP contribution in [0.3, 0.4) is 0 Å². The van der Waals surface area contributed by atoms with E-state index < -0.39 is 5.41 Å². The van der Waals surface area contributed by atoms with E-state index in [9.17, 15) is 9.59 Å². The lowest BCUT2D eigenvalue weighted by Gasteiger charge is -2.39. The molecule has 0 spiro atoms. The van der Waals surface area contributed by atoms with Gasteiger partial charge in [0.15, 0.2) is 0 Å². The highest BCUT2D eigenvalue weighted by Crippen LogP contribution is 2.38. The Morgan fingerprint density at radius 3 is 2.35 bits per heavy atom. The molecule has 2 atom stereocenters. The van der Waals surface area contributed by atoms with Gasteiger partial charge in [0.05, 0.1) is 5.41 Å². The fraction of sp³-hybridized carbons (Fsp3) is 0.857. The molecule has 0 aromatic carbocycles. The summed E-state index contributed by atoms with van der Waals surface area (Å²) >= 11 is 0. The lowest BCUT2D eigenvalue weighted by Crippen LogP contribution is -2.57. The second-order valence-electron chi connectivity index (χ2n) is 6.03. The number of hydrogen-bond acceptors (Lipinski definition) is 3. The van der Waals surface area contributed by atoms with Crippen LogP contribution < -0.4 is 11.1 Å². The van der Waals surface area contributed by atoms with E-state index in [-0.39, 0.29) is 18.0 Å². The Morgan fingerprint density at radius 1 is 1.25 bits per heavy atom. The van der Waals surface area contributed by atoms with Crippen molar-refractivity contribution >= 4 is 11.9 Å². The topological polar surface area (TPSA) is 78.7 Å². The summed E-state index contributed by atoms with van der Waals surface area (Å²) in [6.07, 6.45) is 2.84. The van der Waals surface area contributed by atoms with Gasteiger partial charge in [-0.25, -0.2) is 4.79 Å². The van der Waals surface area contributed by atoms with E-state index in [0.717, 1.165) is 19.3 Å². The van der Waals surface area contributed by atoms with Gasteiger partial charge >= 0.3 is 6.03 Å². The van der Waals surface area contributed by atoms with Crippen LogP contribution in [0.4, 0.5) is 4.79 Å². The fourth-order valence-electron chi connectivity index (χ4n) is 3.20. The highest BCUT2D eigenvalue weighted by atomic mass is 16.2. The lowest BCUT2D eigenvalue weighted by molar-refractivity contribution is -0.143. The maximum absolute atomic E-state index is 12.7. The van der Waals surface area contributed by atoms with E-state index in [1.165, 1.54) is 0 Å². The number of amides is 3. The summed E-state index contributed by atoms with van der Waals surface area (Å²) in [6, 6.07) is -0.0696. The number of piperazine rings is 1. The SMILES string of the molecule is CCNC(=O)N1CCN(C(=O)C2(C)CCCC2N)CC1. The standard InChI is InChI=1S/C14H26N4O2/c1-3-16-13(20)18-9-7-17(8-10-18)12(19)14(2)6-4-5-11(14)15/h11H,3-10,15H2,1-2H3,(H,16,20). The maximum Gasteiger partial charge on any atom is 0.317 e. The Balaban J connectivity index is 1.90. The van der Waals surface area contributed by atoms with Gasteiger partial charge in [0, 0.05) is 38.8 Å². The number of carbonyl (C=O) groups excluding carboxylic acids is 2. The number of urea groups is 1. The Hall–Kier alpha value is -1.30. The van der Waals surface area contributed by atoms with E-state index in [1.54, 1.807) is 4.90 Å². The zero-order valence-electron chi connectivity index (χ0n) is 12.5. The third-order valence-electron chi connectivity index (χ3n) is 4.70. The van der Waals surface area contributed by atoms with Crippen molar-refractivity contribution in [2.75, 3.05) is 32.7 Å². The van der Waals surface area contributed by atoms with Crippen LogP contribution in [0.5, 0.6) is 0 Å². The molecule has 1 heterocycles. The quantitative estimate of drug-likeness (QED) is 0.768. The van der Waals surface area contributed by atoms with Gasteiger partial charge in [-0.05, 0) is 26.7 Å². The molecule has 0 radical (unpaired) electrons. The number of nitrogens with two attached hydrogens (primary N) is 1.